The zero-order chi connectivity index (χ0) is 13.4. The number of alkyl halides is 1. The van der Waals surface area contributed by atoms with Crippen molar-refractivity contribution in [2.75, 3.05) is 0 Å². The molecule has 0 aliphatic rings. The molecule has 1 atom stereocenters. The molecular formula is C16H12ClFO. The van der Waals surface area contributed by atoms with Crippen molar-refractivity contribution in [1.82, 2.24) is 0 Å². The van der Waals surface area contributed by atoms with E-state index in [0.717, 1.165) is 22.3 Å². The Kier molecular flexibility index (Phi) is 3.03. The number of benzene rings is 2. The molecule has 0 bridgehead atoms. The normalized spacial score (nSPS) is 12.8. The second kappa shape index (κ2) is 4.71. The fraction of sp³-hybridized carbons (Fsp3) is 0.125. The lowest BCUT2D eigenvalue weighted by atomic mass is 9.99. The molecule has 1 unspecified atom stereocenters. The quantitative estimate of drug-likeness (QED) is 0.585. The molecule has 19 heavy (non-hydrogen) atoms. The first-order valence-electron chi connectivity index (χ1n) is 6.03. The van der Waals surface area contributed by atoms with Crippen molar-refractivity contribution in [3.8, 4) is 0 Å². The van der Waals surface area contributed by atoms with Crippen molar-refractivity contribution in [3.05, 3.63) is 71.4 Å². The van der Waals surface area contributed by atoms with Gasteiger partial charge in [0.25, 0.3) is 0 Å². The first-order chi connectivity index (χ1) is 9.16. The van der Waals surface area contributed by atoms with Crippen LogP contribution in [0.5, 0.6) is 0 Å². The van der Waals surface area contributed by atoms with Crippen molar-refractivity contribution in [3.63, 3.8) is 0 Å². The zero-order valence-corrected chi connectivity index (χ0v) is 11.1. The zero-order valence-electron chi connectivity index (χ0n) is 10.4. The number of hydrogen-bond donors (Lipinski definition) is 0. The van der Waals surface area contributed by atoms with E-state index in [-0.39, 0.29) is 11.2 Å². The van der Waals surface area contributed by atoms with Gasteiger partial charge in [-0.1, -0.05) is 30.3 Å². The molecule has 0 saturated carbocycles. The molecule has 0 aliphatic heterocycles. The van der Waals surface area contributed by atoms with Crippen LogP contribution in [0.1, 0.15) is 22.3 Å². The van der Waals surface area contributed by atoms with Crippen LogP contribution in [0.3, 0.4) is 0 Å². The summed E-state index contributed by atoms with van der Waals surface area (Å²) in [6, 6.07) is 12.4. The van der Waals surface area contributed by atoms with Crippen LogP contribution in [0.2, 0.25) is 0 Å². The van der Waals surface area contributed by atoms with Gasteiger partial charge in [0.05, 0.1) is 11.6 Å². The number of furan rings is 1. The molecular weight excluding hydrogens is 263 g/mol. The van der Waals surface area contributed by atoms with E-state index in [1.54, 1.807) is 18.4 Å². The minimum absolute atomic E-state index is 0.230. The van der Waals surface area contributed by atoms with Crippen molar-refractivity contribution in [1.29, 1.82) is 0 Å². The molecule has 0 amide bonds. The van der Waals surface area contributed by atoms with Crippen molar-refractivity contribution in [2.24, 2.45) is 0 Å². The van der Waals surface area contributed by atoms with Gasteiger partial charge in [0.2, 0.25) is 0 Å². The molecule has 1 nitrogen and oxygen atoms in total. The third-order valence-corrected chi connectivity index (χ3v) is 3.71. The summed E-state index contributed by atoms with van der Waals surface area (Å²) in [5.41, 5.74) is 1.77. The van der Waals surface area contributed by atoms with Crippen LogP contribution in [0, 0.1) is 12.7 Å². The second-order valence-electron chi connectivity index (χ2n) is 4.54. The Bertz CT molecular complexity index is 732. The van der Waals surface area contributed by atoms with E-state index in [4.69, 9.17) is 16.0 Å². The monoisotopic (exact) mass is 274 g/mol. The number of rotatable bonds is 2. The van der Waals surface area contributed by atoms with Gasteiger partial charge in [-0.3, -0.25) is 0 Å². The van der Waals surface area contributed by atoms with Gasteiger partial charge in [-0.05, 0) is 30.0 Å². The lowest BCUT2D eigenvalue weighted by Gasteiger charge is -2.11. The van der Waals surface area contributed by atoms with Gasteiger partial charge < -0.3 is 4.42 Å². The summed E-state index contributed by atoms with van der Waals surface area (Å²) in [6.07, 6.45) is 1.64. The van der Waals surface area contributed by atoms with Crippen LogP contribution >= 0.6 is 11.6 Å². The molecule has 1 heterocycles. The predicted molar refractivity (Wildman–Crippen MR) is 75.0 cm³/mol. The Morgan fingerprint density at radius 1 is 1.11 bits per heavy atom. The molecule has 3 rings (SSSR count). The molecule has 96 valence electrons. The Labute approximate surface area is 115 Å². The number of aryl methyl sites for hydroxylation is 1. The largest absolute Gasteiger partial charge is 0.469 e. The molecule has 0 spiro atoms. The maximum Gasteiger partial charge on any atom is 0.131 e. The van der Waals surface area contributed by atoms with Gasteiger partial charge in [-0.25, -0.2) is 4.39 Å². The van der Waals surface area contributed by atoms with Gasteiger partial charge >= 0.3 is 0 Å². The van der Waals surface area contributed by atoms with Crippen LogP contribution in [0.4, 0.5) is 4.39 Å². The van der Waals surface area contributed by atoms with E-state index in [0.29, 0.717) is 5.39 Å². The van der Waals surface area contributed by atoms with E-state index < -0.39 is 0 Å². The van der Waals surface area contributed by atoms with Crippen LogP contribution in [0.15, 0.2) is 53.1 Å². The summed E-state index contributed by atoms with van der Waals surface area (Å²) in [4.78, 5) is 0. The van der Waals surface area contributed by atoms with Gasteiger partial charge in [0.15, 0.2) is 0 Å². The fourth-order valence-electron chi connectivity index (χ4n) is 2.28. The molecule has 0 saturated heterocycles. The Morgan fingerprint density at radius 2 is 1.84 bits per heavy atom. The number of hydrogen-bond acceptors (Lipinski definition) is 1. The lowest BCUT2D eigenvalue weighted by Crippen LogP contribution is -1.94. The summed E-state index contributed by atoms with van der Waals surface area (Å²) in [5.74, 6) is 0.582. The molecule has 3 heteroatoms. The second-order valence-corrected chi connectivity index (χ2v) is 4.97. The molecule has 0 radical (unpaired) electrons. The average molecular weight is 275 g/mol. The van der Waals surface area contributed by atoms with Gasteiger partial charge in [-0.2, -0.15) is 0 Å². The average Bonchev–Trinajstić information content (AvgIpc) is 2.86. The summed E-state index contributed by atoms with van der Waals surface area (Å²) < 4.78 is 19.1. The highest BCUT2D eigenvalue weighted by Gasteiger charge is 2.16. The van der Waals surface area contributed by atoms with Gasteiger partial charge in [-0.15, -0.1) is 11.6 Å². The first kappa shape index (κ1) is 12.2. The topological polar surface area (TPSA) is 13.1 Å². The highest BCUT2D eigenvalue weighted by atomic mass is 35.5. The maximum atomic E-state index is 13.8. The molecule has 1 aromatic heterocycles. The smallest absolute Gasteiger partial charge is 0.131 e. The summed E-state index contributed by atoms with van der Waals surface area (Å²) >= 11 is 6.49. The van der Waals surface area contributed by atoms with E-state index in [1.807, 2.05) is 31.2 Å². The van der Waals surface area contributed by atoms with E-state index in [1.165, 1.54) is 6.07 Å². The fourth-order valence-corrected chi connectivity index (χ4v) is 2.59. The third-order valence-electron chi connectivity index (χ3n) is 3.22. The molecule has 2 aromatic carbocycles. The maximum absolute atomic E-state index is 13.8. The molecule has 0 N–H and O–H groups in total. The summed E-state index contributed by atoms with van der Waals surface area (Å²) in [7, 11) is 0. The number of fused-ring (bicyclic) bond motifs is 1. The van der Waals surface area contributed by atoms with Crippen LogP contribution in [0.25, 0.3) is 10.8 Å². The molecule has 3 aromatic rings. The van der Waals surface area contributed by atoms with Crippen LogP contribution < -0.4 is 0 Å². The minimum Gasteiger partial charge on any atom is -0.469 e. The summed E-state index contributed by atoms with van der Waals surface area (Å²) in [5, 5.41) is 1.08. The highest BCUT2D eigenvalue weighted by Crippen LogP contribution is 2.35. The van der Waals surface area contributed by atoms with Crippen LogP contribution in [-0.4, -0.2) is 0 Å². The van der Waals surface area contributed by atoms with Crippen molar-refractivity contribution < 1.29 is 8.81 Å². The van der Waals surface area contributed by atoms with Crippen molar-refractivity contribution >= 4 is 22.4 Å². The predicted octanol–water partition coefficient (Wildman–Crippen LogP) is 5.21. The molecule has 0 aliphatic carbocycles. The number of halogens is 2. The Hall–Kier alpha value is -1.80. The Morgan fingerprint density at radius 3 is 2.53 bits per heavy atom. The SMILES string of the molecule is Cc1cc(C(Cl)c2ccc(F)c3ccccc23)co1. The first-order valence-corrected chi connectivity index (χ1v) is 6.46. The van der Waals surface area contributed by atoms with Gasteiger partial charge in [0.1, 0.15) is 11.6 Å². The van der Waals surface area contributed by atoms with E-state index in [9.17, 15) is 4.39 Å². The molecule has 0 fully saturated rings. The lowest BCUT2D eigenvalue weighted by molar-refractivity contribution is 0.532. The standard InChI is InChI=1S/C16H12ClFO/c1-10-8-11(9-19-10)16(17)14-6-7-15(18)13-5-3-2-4-12(13)14/h2-9,16H,1H3. The highest BCUT2D eigenvalue weighted by molar-refractivity contribution is 6.23. The van der Waals surface area contributed by atoms with E-state index >= 15 is 0 Å². The summed E-state index contributed by atoms with van der Waals surface area (Å²) in [6.45, 7) is 1.87. The van der Waals surface area contributed by atoms with Gasteiger partial charge in [0, 0.05) is 10.9 Å². The Balaban J connectivity index is 2.18. The van der Waals surface area contributed by atoms with Crippen LogP contribution in [-0.2, 0) is 0 Å². The third kappa shape index (κ3) is 2.13. The van der Waals surface area contributed by atoms with Crippen molar-refractivity contribution in [2.45, 2.75) is 12.3 Å². The minimum atomic E-state index is -0.344. The van der Waals surface area contributed by atoms with E-state index in [2.05, 4.69) is 0 Å².